The summed E-state index contributed by atoms with van der Waals surface area (Å²) in [5, 5.41) is 6.70. The predicted molar refractivity (Wildman–Crippen MR) is 75.0 cm³/mol. The fourth-order valence-electron chi connectivity index (χ4n) is 1.59. The van der Waals surface area contributed by atoms with E-state index in [1.54, 1.807) is 24.5 Å². The number of nitrogens with zero attached hydrogens (tertiary/aromatic N) is 2. The smallest absolute Gasteiger partial charge is 0.234 e. The molecule has 1 N–H and O–H groups in total. The van der Waals surface area contributed by atoms with Gasteiger partial charge in [-0.3, -0.25) is 9.78 Å². The van der Waals surface area contributed by atoms with Crippen LogP contribution in [0.4, 0.5) is 5.69 Å². The van der Waals surface area contributed by atoms with E-state index < -0.39 is 0 Å². The van der Waals surface area contributed by atoms with E-state index in [1.165, 1.54) is 11.8 Å². The molecule has 2 heterocycles. The number of amides is 1. The third kappa shape index (κ3) is 3.82. The van der Waals surface area contributed by atoms with Crippen molar-refractivity contribution in [1.29, 1.82) is 0 Å². The molecule has 0 aromatic carbocycles. The highest BCUT2D eigenvalue weighted by Gasteiger charge is 2.10. The molecule has 0 aliphatic rings. The molecule has 0 atom stereocenters. The van der Waals surface area contributed by atoms with Crippen molar-refractivity contribution in [1.82, 2.24) is 10.1 Å². The van der Waals surface area contributed by atoms with Gasteiger partial charge in [0.15, 0.2) is 0 Å². The van der Waals surface area contributed by atoms with Crippen LogP contribution in [0.25, 0.3) is 0 Å². The highest BCUT2D eigenvalue weighted by molar-refractivity contribution is 7.99. The molecule has 2 aromatic heterocycles. The first-order chi connectivity index (χ1) is 9.16. The van der Waals surface area contributed by atoms with Crippen LogP contribution in [0.2, 0.25) is 0 Å². The molecule has 0 fully saturated rings. The molecule has 2 aromatic rings. The number of carbonyl (C=O) groups excluding carboxylic acids is 1. The lowest BCUT2D eigenvalue weighted by atomic mass is 10.2. The Morgan fingerprint density at radius 1 is 1.37 bits per heavy atom. The first kappa shape index (κ1) is 13.6. The van der Waals surface area contributed by atoms with Gasteiger partial charge in [-0.15, -0.1) is 11.8 Å². The number of pyridine rings is 1. The highest BCUT2D eigenvalue weighted by Crippen LogP contribution is 2.19. The summed E-state index contributed by atoms with van der Waals surface area (Å²) in [6.45, 7) is 3.79. The minimum atomic E-state index is -0.0250. The standard InChI is InChI=1S/C13H15N3O2S/c1-9-12(10(2)18-16-9)7-19-8-13(17)15-11-3-5-14-6-4-11/h3-6H,7-8H2,1-2H3,(H,14,15,17). The molecule has 5 nitrogen and oxygen atoms in total. The van der Waals surface area contributed by atoms with Gasteiger partial charge in [0.1, 0.15) is 5.76 Å². The van der Waals surface area contributed by atoms with Crippen molar-refractivity contribution < 1.29 is 9.32 Å². The summed E-state index contributed by atoms with van der Waals surface area (Å²) in [4.78, 5) is 15.6. The summed E-state index contributed by atoms with van der Waals surface area (Å²) in [5.41, 5.74) is 2.72. The van der Waals surface area contributed by atoms with Gasteiger partial charge in [-0.25, -0.2) is 0 Å². The summed E-state index contributed by atoms with van der Waals surface area (Å²) >= 11 is 1.54. The normalized spacial score (nSPS) is 10.4. The Hall–Kier alpha value is -1.82. The second kappa shape index (κ2) is 6.38. The van der Waals surface area contributed by atoms with Crippen LogP contribution in [0.5, 0.6) is 0 Å². The number of nitrogens with one attached hydrogen (secondary N) is 1. The molecular formula is C13H15N3O2S. The van der Waals surface area contributed by atoms with Crippen molar-refractivity contribution in [2.24, 2.45) is 0 Å². The number of carbonyl (C=O) groups is 1. The molecule has 0 radical (unpaired) electrons. The van der Waals surface area contributed by atoms with E-state index in [2.05, 4.69) is 15.5 Å². The maximum atomic E-state index is 11.7. The maximum absolute atomic E-state index is 11.7. The van der Waals surface area contributed by atoms with Crippen LogP contribution in [-0.2, 0) is 10.5 Å². The van der Waals surface area contributed by atoms with Crippen LogP contribution in [0, 0.1) is 13.8 Å². The van der Waals surface area contributed by atoms with Crippen molar-refractivity contribution in [3.8, 4) is 0 Å². The zero-order valence-electron chi connectivity index (χ0n) is 10.8. The second-order valence-electron chi connectivity index (χ2n) is 4.08. The molecule has 0 unspecified atom stereocenters. The van der Waals surface area contributed by atoms with Crippen molar-refractivity contribution in [3.63, 3.8) is 0 Å². The number of anilines is 1. The average molecular weight is 277 g/mol. The first-order valence-electron chi connectivity index (χ1n) is 5.86. The number of rotatable bonds is 5. The zero-order chi connectivity index (χ0) is 13.7. The Bertz CT molecular complexity index is 535. The molecular weight excluding hydrogens is 262 g/mol. The van der Waals surface area contributed by atoms with Crippen LogP contribution in [0.3, 0.4) is 0 Å². The van der Waals surface area contributed by atoms with E-state index in [-0.39, 0.29) is 5.91 Å². The third-order valence-corrected chi connectivity index (χ3v) is 3.58. The maximum Gasteiger partial charge on any atom is 0.234 e. The predicted octanol–water partition coefficient (Wildman–Crippen LogP) is 2.56. The van der Waals surface area contributed by atoms with Crippen molar-refractivity contribution >= 4 is 23.4 Å². The molecule has 0 bridgehead atoms. The van der Waals surface area contributed by atoms with Crippen molar-refractivity contribution in [2.75, 3.05) is 11.1 Å². The Morgan fingerprint density at radius 2 is 2.11 bits per heavy atom. The minimum Gasteiger partial charge on any atom is -0.361 e. The Morgan fingerprint density at radius 3 is 2.74 bits per heavy atom. The number of hydrogen-bond acceptors (Lipinski definition) is 5. The zero-order valence-corrected chi connectivity index (χ0v) is 11.7. The molecule has 0 spiro atoms. The first-order valence-corrected chi connectivity index (χ1v) is 7.01. The summed E-state index contributed by atoms with van der Waals surface area (Å²) in [7, 11) is 0. The van der Waals surface area contributed by atoms with E-state index >= 15 is 0 Å². The molecule has 1 amide bonds. The second-order valence-corrected chi connectivity index (χ2v) is 5.07. The molecule has 19 heavy (non-hydrogen) atoms. The van der Waals surface area contributed by atoms with Gasteiger partial charge in [-0.05, 0) is 26.0 Å². The molecule has 0 aliphatic heterocycles. The quantitative estimate of drug-likeness (QED) is 0.909. The van der Waals surface area contributed by atoms with Crippen LogP contribution in [0.15, 0.2) is 29.0 Å². The van der Waals surface area contributed by atoms with Crippen LogP contribution >= 0.6 is 11.8 Å². The topological polar surface area (TPSA) is 68.0 Å². The van der Waals surface area contributed by atoms with E-state index in [4.69, 9.17) is 4.52 Å². The Labute approximate surface area is 115 Å². The van der Waals surface area contributed by atoms with Gasteiger partial charge in [0.25, 0.3) is 0 Å². The molecule has 0 saturated carbocycles. The van der Waals surface area contributed by atoms with Gasteiger partial charge in [0.2, 0.25) is 5.91 Å². The Kier molecular flexibility index (Phi) is 4.57. The van der Waals surface area contributed by atoms with Gasteiger partial charge >= 0.3 is 0 Å². The lowest BCUT2D eigenvalue weighted by molar-refractivity contribution is -0.113. The minimum absolute atomic E-state index is 0.0250. The van der Waals surface area contributed by atoms with Gasteiger partial charge in [-0.1, -0.05) is 5.16 Å². The van der Waals surface area contributed by atoms with Crippen molar-refractivity contribution in [2.45, 2.75) is 19.6 Å². The number of thioether (sulfide) groups is 1. The van der Waals surface area contributed by atoms with Crippen molar-refractivity contribution in [3.05, 3.63) is 41.5 Å². The van der Waals surface area contributed by atoms with E-state index in [0.717, 1.165) is 28.5 Å². The van der Waals surface area contributed by atoms with Crippen LogP contribution in [0.1, 0.15) is 17.0 Å². The summed E-state index contributed by atoms with van der Waals surface area (Å²) in [5.74, 6) is 1.92. The van der Waals surface area contributed by atoms with E-state index in [0.29, 0.717) is 5.75 Å². The molecule has 0 aliphatic carbocycles. The van der Waals surface area contributed by atoms with Crippen LogP contribution in [-0.4, -0.2) is 21.8 Å². The van der Waals surface area contributed by atoms with Gasteiger partial charge in [0, 0.05) is 29.4 Å². The largest absolute Gasteiger partial charge is 0.361 e. The average Bonchev–Trinajstić information content (AvgIpc) is 2.71. The van der Waals surface area contributed by atoms with Crippen LogP contribution < -0.4 is 5.32 Å². The number of aromatic nitrogens is 2. The monoisotopic (exact) mass is 277 g/mol. The molecule has 0 saturated heterocycles. The molecule has 100 valence electrons. The highest BCUT2D eigenvalue weighted by atomic mass is 32.2. The van der Waals surface area contributed by atoms with Gasteiger partial charge < -0.3 is 9.84 Å². The Balaban J connectivity index is 1.79. The fourth-order valence-corrected chi connectivity index (χ4v) is 2.56. The lowest BCUT2D eigenvalue weighted by Crippen LogP contribution is -2.14. The number of aryl methyl sites for hydroxylation is 2. The van der Waals surface area contributed by atoms with E-state index in [9.17, 15) is 4.79 Å². The van der Waals surface area contributed by atoms with Gasteiger partial charge in [0.05, 0.1) is 11.4 Å². The fraction of sp³-hybridized carbons (Fsp3) is 0.308. The summed E-state index contributed by atoms with van der Waals surface area (Å²) < 4.78 is 5.08. The summed E-state index contributed by atoms with van der Waals surface area (Å²) in [6, 6.07) is 3.52. The number of hydrogen-bond donors (Lipinski definition) is 1. The SMILES string of the molecule is Cc1noc(C)c1CSCC(=O)Nc1ccncc1. The molecule has 6 heteroatoms. The molecule has 2 rings (SSSR count). The van der Waals surface area contributed by atoms with E-state index in [1.807, 2.05) is 13.8 Å². The lowest BCUT2D eigenvalue weighted by Gasteiger charge is -2.04. The third-order valence-electron chi connectivity index (χ3n) is 2.62. The van der Waals surface area contributed by atoms with Gasteiger partial charge in [-0.2, -0.15) is 0 Å². The summed E-state index contributed by atoms with van der Waals surface area (Å²) in [6.07, 6.45) is 3.29.